The summed E-state index contributed by atoms with van der Waals surface area (Å²) >= 11 is 0. The van der Waals surface area contributed by atoms with Gasteiger partial charge in [0.25, 0.3) is 0 Å². The molecule has 1 saturated carbocycles. The third-order valence-electron chi connectivity index (χ3n) is 12.6. The number of hydrogen-bond acceptors (Lipinski definition) is 6. The Morgan fingerprint density at radius 1 is 0.597 bits per heavy atom. The first-order chi connectivity index (χ1) is 29.6. The molecule has 1 aliphatic carbocycles. The SMILES string of the molecule is Cc1ccc2c(c1)C(C)(C)C(=CC=C1CC/C(=C\C=C3\N(CCOC(=O)C(C)C)c4ccc(C)cc4C3(C)C)C1=[N+](c1ccccc1)c1ccccc1)N2CCOC(=O)C(C)C. The molecule has 0 radical (unpaired) electrons. The van der Waals surface area contributed by atoms with Gasteiger partial charge in [-0.25, -0.2) is 0 Å². The number of allylic oxidation sites excluding steroid dienone is 8. The second-order valence-corrected chi connectivity index (χ2v) is 18.6. The van der Waals surface area contributed by atoms with E-state index in [9.17, 15) is 9.59 Å². The quantitative estimate of drug-likeness (QED) is 0.105. The highest BCUT2D eigenvalue weighted by Crippen LogP contribution is 2.49. The second kappa shape index (κ2) is 18.2. The van der Waals surface area contributed by atoms with Gasteiger partial charge in [-0.1, -0.05) is 139 Å². The van der Waals surface area contributed by atoms with Crippen molar-refractivity contribution in [2.75, 3.05) is 36.1 Å². The summed E-state index contributed by atoms with van der Waals surface area (Å²) in [5, 5.41) is 0. The van der Waals surface area contributed by atoms with Crippen molar-refractivity contribution in [2.24, 2.45) is 11.8 Å². The summed E-state index contributed by atoms with van der Waals surface area (Å²) in [5.41, 5.74) is 14.9. The fraction of sp³-hybridized carbons (Fsp3) is 0.364. The number of para-hydroxylation sites is 2. The number of hydrogen-bond donors (Lipinski definition) is 0. The van der Waals surface area contributed by atoms with Gasteiger partial charge in [0.1, 0.15) is 13.2 Å². The summed E-state index contributed by atoms with van der Waals surface area (Å²) in [4.78, 5) is 29.8. The first-order valence-electron chi connectivity index (χ1n) is 22.3. The van der Waals surface area contributed by atoms with Crippen LogP contribution in [0.5, 0.6) is 0 Å². The Balaban J connectivity index is 1.37. The van der Waals surface area contributed by atoms with Gasteiger partial charge in [-0.15, -0.1) is 0 Å². The molecule has 0 amide bonds. The third kappa shape index (κ3) is 8.86. The highest BCUT2D eigenvalue weighted by Gasteiger charge is 2.42. The van der Waals surface area contributed by atoms with Crippen LogP contribution in [0.15, 0.2) is 144 Å². The van der Waals surface area contributed by atoms with Crippen LogP contribution in [0.1, 0.15) is 90.5 Å². The van der Waals surface area contributed by atoms with Crippen LogP contribution in [0, 0.1) is 25.7 Å². The Kier molecular flexibility index (Phi) is 12.9. The zero-order valence-corrected chi connectivity index (χ0v) is 38.4. The second-order valence-electron chi connectivity index (χ2n) is 18.6. The van der Waals surface area contributed by atoms with E-state index in [2.05, 4.69) is 177 Å². The van der Waals surface area contributed by atoms with Crippen molar-refractivity contribution in [3.05, 3.63) is 166 Å². The zero-order chi connectivity index (χ0) is 44.3. The van der Waals surface area contributed by atoms with Crippen LogP contribution < -0.4 is 14.4 Å². The molecule has 4 aromatic rings. The molecule has 7 heteroatoms. The van der Waals surface area contributed by atoms with Crippen LogP contribution in [0.3, 0.4) is 0 Å². The van der Waals surface area contributed by atoms with E-state index in [1.54, 1.807) is 0 Å². The largest absolute Gasteiger partial charge is 0.464 e. The summed E-state index contributed by atoms with van der Waals surface area (Å²) < 4.78 is 13.9. The molecular formula is C55H64N3O4+. The fourth-order valence-electron chi connectivity index (χ4n) is 9.11. The van der Waals surface area contributed by atoms with Crippen molar-refractivity contribution in [1.82, 2.24) is 4.58 Å². The van der Waals surface area contributed by atoms with Crippen LogP contribution in [0.25, 0.3) is 0 Å². The highest BCUT2D eigenvalue weighted by atomic mass is 16.5. The molecule has 3 aliphatic rings. The van der Waals surface area contributed by atoms with Gasteiger partial charge in [-0.05, 0) is 62.1 Å². The topological polar surface area (TPSA) is 62.1 Å². The maximum Gasteiger partial charge on any atom is 0.308 e. The third-order valence-corrected chi connectivity index (χ3v) is 12.6. The Morgan fingerprint density at radius 3 is 1.35 bits per heavy atom. The van der Waals surface area contributed by atoms with Gasteiger partial charge in [0.15, 0.2) is 0 Å². The van der Waals surface area contributed by atoms with Crippen molar-refractivity contribution in [3.63, 3.8) is 0 Å². The van der Waals surface area contributed by atoms with E-state index >= 15 is 0 Å². The van der Waals surface area contributed by atoms with Gasteiger partial charge in [0.2, 0.25) is 17.1 Å². The minimum atomic E-state index is -0.282. The fourth-order valence-corrected chi connectivity index (χ4v) is 9.11. The Hall–Kier alpha value is -5.95. The maximum atomic E-state index is 12.5. The van der Waals surface area contributed by atoms with Crippen LogP contribution in [0.4, 0.5) is 22.7 Å². The molecule has 0 spiro atoms. The zero-order valence-electron chi connectivity index (χ0n) is 38.4. The number of aryl methyl sites for hydroxylation is 2. The molecule has 0 N–H and O–H groups in total. The van der Waals surface area contributed by atoms with E-state index in [4.69, 9.17) is 9.47 Å². The van der Waals surface area contributed by atoms with Crippen LogP contribution >= 0.6 is 0 Å². The minimum Gasteiger partial charge on any atom is -0.464 e. The van der Waals surface area contributed by atoms with E-state index in [-0.39, 0.29) is 34.6 Å². The van der Waals surface area contributed by atoms with Gasteiger partial charge >= 0.3 is 11.9 Å². The normalized spacial score (nSPS) is 19.0. The predicted octanol–water partition coefficient (Wildman–Crippen LogP) is 12.0. The molecule has 0 atom stereocenters. The van der Waals surface area contributed by atoms with Gasteiger partial charge in [-0.3, -0.25) is 9.59 Å². The van der Waals surface area contributed by atoms with Gasteiger partial charge in [0.05, 0.1) is 24.9 Å². The minimum absolute atomic E-state index is 0.178. The summed E-state index contributed by atoms with van der Waals surface area (Å²) in [5.74, 6) is -0.718. The Morgan fingerprint density at radius 2 is 0.984 bits per heavy atom. The number of rotatable bonds is 12. The lowest BCUT2D eigenvalue weighted by Gasteiger charge is -2.27. The highest BCUT2D eigenvalue weighted by molar-refractivity contribution is 6.17. The molecule has 0 saturated heterocycles. The first-order valence-corrected chi connectivity index (χ1v) is 22.3. The molecule has 0 unspecified atom stereocenters. The molecule has 2 aliphatic heterocycles. The number of carbonyl (C=O) groups is 2. The van der Waals surface area contributed by atoms with Gasteiger partial charge in [0, 0.05) is 69.0 Å². The van der Waals surface area contributed by atoms with Crippen molar-refractivity contribution in [1.29, 1.82) is 0 Å². The summed E-state index contributed by atoms with van der Waals surface area (Å²) in [6.45, 7) is 22.7. The number of fused-ring (bicyclic) bond motifs is 2. The van der Waals surface area contributed by atoms with E-state index < -0.39 is 0 Å². The average Bonchev–Trinajstić information content (AvgIpc) is 3.80. The van der Waals surface area contributed by atoms with E-state index in [0.29, 0.717) is 26.3 Å². The monoisotopic (exact) mass is 830 g/mol. The van der Waals surface area contributed by atoms with Crippen LogP contribution in [0.2, 0.25) is 0 Å². The number of benzene rings is 4. The van der Waals surface area contributed by atoms with E-state index in [0.717, 1.165) is 35.6 Å². The van der Waals surface area contributed by atoms with Crippen molar-refractivity contribution in [2.45, 2.75) is 92.9 Å². The number of anilines is 2. The summed E-state index contributed by atoms with van der Waals surface area (Å²) in [6.07, 6.45) is 11.0. The smallest absolute Gasteiger partial charge is 0.308 e. The lowest BCUT2D eigenvalue weighted by Crippen LogP contribution is -2.30. The molecule has 7 rings (SSSR count). The molecule has 2 heterocycles. The molecular weight excluding hydrogens is 767 g/mol. The van der Waals surface area contributed by atoms with E-state index in [1.165, 1.54) is 50.5 Å². The number of carbonyl (C=O) groups excluding carboxylic acids is 2. The van der Waals surface area contributed by atoms with Gasteiger partial charge in [-0.2, -0.15) is 4.58 Å². The Labute approximate surface area is 369 Å². The molecule has 0 bridgehead atoms. The van der Waals surface area contributed by atoms with Gasteiger partial charge < -0.3 is 19.3 Å². The number of ether oxygens (including phenoxy) is 2. The van der Waals surface area contributed by atoms with Crippen LogP contribution in [-0.2, 0) is 29.9 Å². The lowest BCUT2D eigenvalue weighted by molar-refractivity contribution is -0.147. The first kappa shape index (κ1) is 44.1. The summed E-state index contributed by atoms with van der Waals surface area (Å²) in [6, 6.07) is 34.6. The maximum absolute atomic E-state index is 12.5. The lowest BCUT2D eigenvalue weighted by atomic mass is 9.83. The van der Waals surface area contributed by atoms with Crippen molar-refractivity contribution >= 4 is 40.4 Å². The number of nitrogens with zero attached hydrogens (tertiary/aromatic N) is 3. The standard InChI is InChI=1S/C55H64N3O4/c1-37(2)52(59)61-33-31-56-47-27-21-39(5)35-45(47)54(7,8)49(56)29-25-41-23-24-42(51(41)58(43-17-13-11-14-18-43)44-19-15-12-16-20-44)26-30-50-55(9,10)46-36-40(6)22-28-48(46)57(50)32-34-62-53(60)38(3)4/h11-22,25-30,35-38H,23-24,31-34H2,1-10H3/q+1. The van der Waals surface area contributed by atoms with E-state index in [1.807, 2.05) is 27.7 Å². The Bertz CT molecular complexity index is 2310. The molecule has 7 nitrogen and oxygen atoms in total. The molecule has 0 aromatic heterocycles. The molecule has 62 heavy (non-hydrogen) atoms. The predicted molar refractivity (Wildman–Crippen MR) is 256 cm³/mol. The summed E-state index contributed by atoms with van der Waals surface area (Å²) in [7, 11) is 0. The molecule has 1 fully saturated rings. The van der Waals surface area contributed by atoms with Crippen molar-refractivity contribution < 1.29 is 19.1 Å². The van der Waals surface area contributed by atoms with Crippen LogP contribution in [-0.4, -0.2) is 44.0 Å². The molecule has 322 valence electrons. The number of esters is 2. The molecule has 4 aromatic carbocycles. The van der Waals surface area contributed by atoms with Crippen molar-refractivity contribution in [3.8, 4) is 0 Å². The average molecular weight is 831 g/mol.